The predicted molar refractivity (Wildman–Crippen MR) is 54.5 cm³/mol. The molecule has 0 radical (unpaired) electrons. The van der Waals surface area contributed by atoms with E-state index in [-0.39, 0.29) is 0 Å². The summed E-state index contributed by atoms with van der Waals surface area (Å²) >= 11 is 5.89. The summed E-state index contributed by atoms with van der Waals surface area (Å²) in [4.78, 5) is 0. The zero-order valence-electron chi connectivity index (χ0n) is 7.72. The van der Waals surface area contributed by atoms with E-state index in [0.29, 0.717) is 6.10 Å². The van der Waals surface area contributed by atoms with Crippen LogP contribution in [-0.2, 0) is 6.42 Å². The Bertz CT molecular complexity index is 309. The van der Waals surface area contributed by atoms with Crippen molar-refractivity contribution < 1.29 is 4.74 Å². The quantitative estimate of drug-likeness (QED) is 0.669. The largest absolute Gasteiger partial charge is 0.490 e. The summed E-state index contributed by atoms with van der Waals surface area (Å²) < 4.78 is 5.78. The Morgan fingerprint density at radius 3 is 3.15 bits per heavy atom. The fourth-order valence-corrected chi connectivity index (χ4v) is 1.90. The van der Waals surface area contributed by atoms with Gasteiger partial charge in [0.15, 0.2) is 0 Å². The molecule has 1 nitrogen and oxygen atoms in total. The fraction of sp³-hybridized carbons (Fsp3) is 0.455. The summed E-state index contributed by atoms with van der Waals surface area (Å²) in [7, 11) is 0. The number of halogens is 1. The molecule has 1 heterocycles. The van der Waals surface area contributed by atoms with Crippen LogP contribution in [0.2, 0.25) is 5.02 Å². The first-order chi connectivity index (χ1) is 6.29. The molecule has 0 fully saturated rings. The van der Waals surface area contributed by atoms with Crippen LogP contribution in [0.4, 0.5) is 0 Å². The van der Waals surface area contributed by atoms with Gasteiger partial charge in [0.2, 0.25) is 0 Å². The first-order valence-electron chi connectivity index (χ1n) is 4.74. The average molecular weight is 197 g/mol. The highest BCUT2D eigenvalue weighted by Gasteiger charge is 2.17. The zero-order chi connectivity index (χ0) is 9.26. The summed E-state index contributed by atoms with van der Waals surface area (Å²) in [6, 6.07) is 5.86. The van der Waals surface area contributed by atoms with Crippen LogP contribution in [-0.4, -0.2) is 6.10 Å². The van der Waals surface area contributed by atoms with Gasteiger partial charge in [-0.05, 0) is 43.0 Å². The number of ether oxygens (including phenoxy) is 1. The molecule has 70 valence electrons. The lowest BCUT2D eigenvalue weighted by Gasteiger charge is -2.25. The van der Waals surface area contributed by atoms with Crippen LogP contribution in [0.15, 0.2) is 18.2 Å². The van der Waals surface area contributed by atoms with E-state index in [9.17, 15) is 0 Å². The molecular weight excluding hydrogens is 184 g/mol. The maximum absolute atomic E-state index is 5.89. The van der Waals surface area contributed by atoms with Crippen molar-refractivity contribution in [2.75, 3.05) is 0 Å². The topological polar surface area (TPSA) is 9.23 Å². The number of hydrogen-bond acceptors (Lipinski definition) is 1. The van der Waals surface area contributed by atoms with E-state index in [1.54, 1.807) is 0 Å². The van der Waals surface area contributed by atoms with E-state index in [4.69, 9.17) is 16.3 Å². The molecule has 0 saturated heterocycles. The highest BCUT2D eigenvalue weighted by Crippen LogP contribution is 2.30. The van der Waals surface area contributed by atoms with Crippen molar-refractivity contribution in [1.82, 2.24) is 0 Å². The molecule has 13 heavy (non-hydrogen) atoms. The Kier molecular flexibility index (Phi) is 2.45. The van der Waals surface area contributed by atoms with E-state index in [0.717, 1.165) is 30.0 Å². The Hall–Kier alpha value is -0.690. The first-order valence-corrected chi connectivity index (χ1v) is 5.12. The van der Waals surface area contributed by atoms with Crippen molar-refractivity contribution in [1.29, 1.82) is 0 Å². The van der Waals surface area contributed by atoms with Crippen molar-refractivity contribution in [3.63, 3.8) is 0 Å². The van der Waals surface area contributed by atoms with Gasteiger partial charge in [0.1, 0.15) is 5.75 Å². The lowest BCUT2D eigenvalue weighted by atomic mass is 10.0. The second-order valence-electron chi connectivity index (χ2n) is 3.44. The van der Waals surface area contributed by atoms with Gasteiger partial charge >= 0.3 is 0 Å². The molecular formula is C11H13ClO. The van der Waals surface area contributed by atoms with Crippen molar-refractivity contribution in [2.24, 2.45) is 0 Å². The summed E-state index contributed by atoms with van der Waals surface area (Å²) in [6.45, 7) is 2.16. The molecule has 2 rings (SSSR count). The van der Waals surface area contributed by atoms with Gasteiger partial charge in [-0.2, -0.15) is 0 Å². The zero-order valence-corrected chi connectivity index (χ0v) is 8.47. The number of fused-ring (bicyclic) bond motifs is 1. The molecule has 1 aliphatic rings. The minimum Gasteiger partial charge on any atom is -0.490 e. The van der Waals surface area contributed by atoms with E-state index >= 15 is 0 Å². The maximum atomic E-state index is 5.89. The Morgan fingerprint density at radius 2 is 2.38 bits per heavy atom. The predicted octanol–water partition coefficient (Wildman–Crippen LogP) is 3.44. The van der Waals surface area contributed by atoms with Crippen LogP contribution in [0.5, 0.6) is 5.75 Å². The van der Waals surface area contributed by atoms with Gasteiger partial charge in [-0.1, -0.05) is 18.5 Å². The second kappa shape index (κ2) is 3.59. The van der Waals surface area contributed by atoms with Crippen LogP contribution >= 0.6 is 11.6 Å². The highest BCUT2D eigenvalue weighted by molar-refractivity contribution is 6.30. The number of rotatable bonds is 1. The molecule has 0 bridgehead atoms. The van der Waals surface area contributed by atoms with Gasteiger partial charge in [0.05, 0.1) is 6.10 Å². The second-order valence-corrected chi connectivity index (χ2v) is 3.88. The Labute approximate surface area is 83.7 Å². The smallest absolute Gasteiger partial charge is 0.123 e. The molecule has 1 unspecified atom stereocenters. The molecule has 0 saturated carbocycles. The SMILES string of the molecule is CCC1CCc2cc(Cl)ccc2O1. The minimum atomic E-state index is 0.397. The molecule has 1 aromatic carbocycles. The third-order valence-corrected chi connectivity index (χ3v) is 2.74. The Balaban J connectivity index is 2.26. The van der Waals surface area contributed by atoms with Crippen LogP contribution in [0.1, 0.15) is 25.3 Å². The average Bonchev–Trinajstić information content (AvgIpc) is 2.17. The number of hydrogen-bond donors (Lipinski definition) is 0. The van der Waals surface area contributed by atoms with Gasteiger partial charge < -0.3 is 4.74 Å². The fourth-order valence-electron chi connectivity index (χ4n) is 1.70. The van der Waals surface area contributed by atoms with Crippen LogP contribution in [0.25, 0.3) is 0 Å². The monoisotopic (exact) mass is 196 g/mol. The molecule has 0 amide bonds. The molecule has 1 atom stereocenters. The molecule has 2 heteroatoms. The minimum absolute atomic E-state index is 0.397. The molecule has 1 aliphatic heterocycles. The normalized spacial score (nSPS) is 20.6. The molecule has 1 aromatic rings. The van der Waals surface area contributed by atoms with E-state index in [1.165, 1.54) is 5.56 Å². The van der Waals surface area contributed by atoms with E-state index < -0.39 is 0 Å². The summed E-state index contributed by atoms with van der Waals surface area (Å²) in [5.74, 6) is 1.02. The van der Waals surface area contributed by atoms with Gasteiger partial charge in [0.25, 0.3) is 0 Å². The lowest BCUT2D eigenvalue weighted by molar-refractivity contribution is 0.169. The van der Waals surface area contributed by atoms with Crippen molar-refractivity contribution >= 4 is 11.6 Å². The van der Waals surface area contributed by atoms with Gasteiger partial charge in [0, 0.05) is 5.02 Å². The van der Waals surface area contributed by atoms with Gasteiger partial charge in [-0.15, -0.1) is 0 Å². The molecule has 0 spiro atoms. The third kappa shape index (κ3) is 1.80. The van der Waals surface area contributed by atoms with Crippen LogP contribution < -0.4 is 4.74 Å². The number of aryl methyl sites for hydroxylation is 1. The van der Waals surface area contributed by atoms with Crippen molar-refractivity contribution in [3.05, 3.63) is 28.8 Å². The van der Waals surface area contributed by atoms with Crippen molar-refractivity contribution in [3.8, 4) is 5.75 Å². The van der Waals surface area contributed by atoms with E-state index in [1.807, 2.05) is 18.2 Å². The van der Waals surface area contributed by atoms with E-state index in [2.05, 4.69) is 6.92 Å². The van der Waals surface area contributed by atoms with Gasteiger partial charge in [-0.3, -0.25) is 0 Å². The first kappa shape index (κ1) is 8.89. The van der Waals surface area contributed by atoms with Crippen LogP contribution in [0, 0.1) is 0 Å². The third-order valence-electron chi connectivity index (χ3n) is 2.51. The molecule has 0 aromatic heterocycles. The van der Waals surface area contributed by atoms with Crippen LogP contribution in [0.3, 0.4) is 0 Å². The molecule has 0 N–H and O–H groups in total. The molecule has 0 aliphatic carbocycles. The lowest BCUT2D eigenvalue weighted by Crippen LogP contribution is -2.21. The summed E-state index contributed by atoms with van der Waals surface area (Å²) in [5, 5.41) is 0.803. The Morgan fingerprint density at radius 1 is 1.54 bits per heavy atom. The number of benzene rings is 1. The standard InChI is InChI=1S/C11H13ClO/c1-2-10-5-3-8-7-9(12)4-6-11(8)13-10/h4,6-7,10H,2-3,5H2,1H3. The summed E-state index contributed by atoms with van der Waals surface area (Å²) in [6.07, 6.45) is 3.69. The maximum Gasteiger partial charge on any atom is 0.123 e. The van der Waals surface area contributed by atoms with Crippen molar-refractivity contribution in [2.45, 2.75) is 32.3 Å². The van der Waals surface area contributed by atoms with Gasteiger partial charge in [-0.25, -0.2) is 0 Å². The highest BCUT2D eigenvalue weighted by atomic mass is 35.5. The summed E-state index contributed by atoms with van der Waals surface area (Å²) in [5.41, 5.74) is 1.25.